The second-order valence-electron chi connectivity index (χ2n) is 4.42. The van der Waals surface area contributed by atoms with Crippen LogP contribution in [-0.4, -0.2) is 12.5 Å². The molecule has 0 spiro atoms. The average molecular weight is 288 g/mol. The van der Waals surface area contributed by atoms with Crippen molar-refractivity contribution in [3.63, 3.8) is 0 Å². The monoisotopic (exact) mass is 288 g/mol. The molecule has 0 unspecified atom stereocenters. The Kier molecular flexibility index (Phi) is 4.90. The fraction of sp³-hybridized carbons (Fsp3) is 0.188. The van der Waals surface area contributed by atoms with Crippen LogP contribution >= 0.6 is 0 Å². The van der Waals surface area contributed by atoms with E-state index >= 15 is 0 Å². The lowest BCUT2D eigenvalue weighted by Crippen LogP contribution is -2.13. The van der Waals surface area contributed by atoms with Gasteiger partial charge in [0.2, 0.25) is 0 Å². The van der Waals surface area contributed by atoms with Crippen LogP contribution in [0.2, 0.25) is 0 Å². The van der Waals surface area contributed by atoms with E-state index in [9.17, 15) is 9.18 Å². The van der Waals surface area contributed by atoms with Crippen molar-refractivity contribution in [3.05, 3.63) is 59.4 Å². The van der Waals surface area contributed by atoms with Gasteiger partial charge >= 0.3 is 0 Å². The van der Waals surface area contributed by atoms with Crippen LogP contribution in [0.15, 0.2) is 42.5 Å². The number of nitrogens with one attached hydrogen (secondary N) is 1. The molecule has 0 radical (unpaired) electrons. The summed E-state index contributed by atoms with van der Waals surface area (Å²) in [7, 11) is 0. The molecule has 21 heavy (non-hydrogen) atoms. The molecule has 0 bridgehead atoms. The molecular formula is C16H17FN2O2. The summed E-state index contributed by atoms with van der Waals surface area (Å²) in [6.45, 7) is 2.74. The molecule has 0 saturated carbocycles. The molecule has 0 saturated heterocycles. The first-order valence-corrected chi connectivity index (χ1v) is 6.66. The average Bonchev–Trinajstić information content (AvgIpc) is 2.49. The Hall–Kier alpha value is -2.40. The largest absolute Gasteiger partial charge is 0.494 e. The summed E-state index contributed by atoms with van der Waals surface area (Å²) in [6.07, 6.45) is 0. The molecule has 0 heterocycles. The molecule has 110 valence electrons. The Balaban J connectivity index is 2.17. The van der Waals surface area contributed by atoms with Crippen molar-refractivity contribution in [2.45, 2.75) is 13.5 Å². The number of halogens is 1. The standard InChI is InChI=1S/C16H17FN2O2/c1-2-21-15-7-6-14(9-12(15)10-18)19-16(20)11-4-3-5-13(17)8-11/h3-9H,2,10,18H2,1H3,(H,19,20). The Bertz CT molecular complexity index is 644. The van der Waals surface area contributed by atoms with Crippen molar-refractivity contribution < 1.29 is 13.9 Å². The number of ether oxygens (including phenoxy) is 1. The smallest absolute Gasteiger partial charge is 0.255 e. The molecule has 0 aliphatic carbocycles. The van der Waals surface area contributed by atoms with E-state index in [1.807, 2.05) is 6.92 Å². The third-order valence-corrected chi connectivity index (χ3v) is 2.92. The zero-order chi connectivity index (χ0) is 15.2. The molecule has 0 aliphatic heterocycles. The normalized spacial score (nSPS) is 10.2. The summed E-state index contributed by atoms with van der Waals surface area (Å²) in [4.78, 5) is 12.0. The first-order chi connectivity index (χ1) is 10.1. The number of anilines is 1. The van der Waals surface area contributed by atoms with Gasteiger partial charge < -0.3 is 15.8 Å². The molecular weight excluding hydrogens is 271 g/mol. The quantitative estimate of drug-likeness (QED) is 0.889. The fourth-order valence-corrected chi connectivity index (χ4v) is 1.95. The Morgan fingerprint density at radius 1 is 1.29 bits per heavy atom. The van der Waals surface area contributed by atoms with Crippen LogP contribution in [0.4, 0.5) is 10.1 Å². The lowest BCUT2D eigenvalue weighted by atomic mass is 10.1. The van der Waals surface area contributed by atoms with Crippen molar-refractivity contribution in [1.82, 2.24) is 0 Å². The molecule has 2 rings (SSSR count). The first-order valence-electron chi connectivity index (χ1n) is 6.66. The highest BCUT2D eigenvalue weighted by molar-refractivity contribution is 6.04. The molecule has 3 N–H and O–H groups in total. The summed E-state index contributed by atoms with van der Waals surface area (Å²) >= 11 is 0. The molecule has 0 aliphatic rings. The van der Waals surface area contributed by atoms with Crippen LogP contribution in [0.5, 0.6) is 5.75 Å². The van der Waals surface area contributed by atoms with E-state index in [1.165, 1.54) is 18.2 Å². The van der Waals surface area contributed by atoms with E-state index in [0.29, 0.717) is 24.6 Å². The number of rotatable bonds is 5. The highest BCUT2D eigenvalue weighted by Gasteiger charge is 2.09. The number of nitrogens with two attached hydrogens (primary N) is 1. The zero-order valence-corrected chi connectivity index (χ0v) is 11.7. The van der Waals surface area contributed by atoms with Gasteiger partial charge in [0.15, 0.2) is 0 Å². The van der Waals surface area contributed by atoms with Crippen LogP contribution in [0, 0.1) is 5.82 Å². The van der Waals surface area contributed by atoms with Gasteiger partial charge in [-0.05, 0) is 43.3 Å². The number of hydrogen-bond acceptors (Lipinski definition) is 3. The molecule has 0 aromatic heterocycles. The van der Waals surface area contributed by atoms with E-state index in [4.69, 9.17) is 10.5 Å². The van der Waals surface area contributed by atoms with Gasteiger partial charge in [-0.3, -0.25) is 4.79 Å². The summed E-state index contributed by atoms with van der Waals surface area (Å²) < 4.78 is 18.6. The van der Waals surface area contributed by atoms with E-state index in [1.54, 1.807) is 24.3 Å². The fourth-order valence-electron chi connectivity index (χ4n) is 1.95. The maximum absolute atomic E-state index is 13.1. The molecule has 4 nitrogen and oxygen atoms in total. The second-order valence-corrected chi connectivity index (χ2v) is 4.42. The third kappa shape index (κ3) is 3.79. The van der Waals surface area contributed by atoms with Gasteiger partial charge in [-0.25, -0.2) is 4.39 Å². The van der Waals surface area contributed by atoms with Crippen LogP contribution in [0.3, 0.4) is 0 Å². The van der Waals surface area contributed by atoms with Crippen LogP contribution in [0.1, 0.15) is 22.8 Å². The van der Waals surface area contributed by atoms with Crippen molar-refractivity contribution >= 4 is 11.6 Å². The molecule has 0 fully saturated rings. The predicted molar refractivity (Wildman–Crippen MR) is 79.9 cm³/mol. The maximum atomic E-state index is 13.1. The topological polar surface area (TPSA) is 64.3 Å². The molecule has 0 atom stereocenters. The SMILES string of the molecule is CCOc1ccc(NC(=O)c2cccc(F)c2)cc1CN. The van der Waals surface area contributed by atoms with E-state index < -0.39 is 5.82 Å². The van der Waals surface area contributed by atoms with Gasteiger partial charge in [0.05, 0.1) is 6.61 Å². The highest BCUT2D eigenvalue weighted by atomic mass is 19.1. The van der Waals surface area contributed by atoms with Gasteiger partial charge in [-0.1, -0.05) is 6.07 Å². The Morgan fingerprint density at radius 3 is 2.76 bits per heavy atom. The minimum atomic E-state index is -0.447. The predicted octanol–water partition coefficient (Wildman–Crippen LogP) is 2.94. The minimum Gasteiger partial charge on any atom is -0.494 e. The molecule has 2 aromatic rings. The third-order valence-electron chi connectivity index (χ3n) is 2.92. The van der Waals surface area contributed by atoms with Crippen molar-refractivity contribution in [2.24, 2.45) is 5.73 Å². The first kappa shape index (κ1) is 15.0. The molecule has 1 amide bonds. The second kappa shape index (κ2) is 6.85. The van der Waals surface area contributed by atoms with E-state index in [-0.39, 0.29) is 11.5 Å². The highest BCUT2D eigenvalue weighted by Crippen LogP contribution is 2.23. The van der Waals surface area contributed by atoms with Crippen molar-refractivity contribution in [1.29, 1.82) is 0 Å². The minimum absolute atomic E-state index is 0.262. The van der Waals surface area contributed by atoms with Crippen LogP contribution in [-0.2, 0) is 6.54 Å². The van der Waals surface area contributed by atoms with Gasteiger partial charge in [0, 0.05) is 23.4 Å². The Morgan fingerprint density at radius 2 is 2.10 bits per heavy atom. The van der Waals surface area contributed by atoms with E-state index in [0.717, 1.165) is 5.56 Å². The van der Waals surface area contributed by atoms with Crippen molar-refractivity contribution in [3.8, 4) is 5.75 Å². The van der Waals surface area contributed by atoms with Crippen LogP contribution < -0.4 is 15.8 Å². The lowest BCUT2D eigenvalue weighted by molar-refractivity contribution is 0.102. The van der Waals surface area contributed by atoms with Gasteiger partial charge in [-0.2, -0.15) is 0 Å². The summed E-state index contributed by atoms with van der Waals surface area (Å²) in [5, 5.41) is 2.71. The summed E-state index contributed by atoms with van der Waals surface area (Å²) in [6, 6.07) is 10.8. The van der Waals surface area contributed by atoms with Crippen molar-refractivity contribution in [2.75, 3.05) is 11.9 Å². The summed E-state index contributed by atoms with van der Waals surface area (Å²) in [5.74, 6) is -0.123. The van der Waals surface area contributed by atoms with Gasteiger partial charge in [-0.15, -0.1) is 0 Å². The Labute approximate surface area is 122 Å². The maximum Gasteiger partial charge on any atom is 0.255 e. The lowest BCUT2D eigenvalue weighted by Gasteiger charge is -2.11. The molecule has 2 aromatic carbocycles. The number of amides is 1. The number of carbonyl (C=O) groups excluding carboxylic acids is 1. The van der Waals surface area contributed by atoms with Crippen LogP contribution in [0.25, 0.3) is 0 Å². The van der Waals surface area contributed by atoms with E-state index in [2.05, 4.69) is 5.32 Å². The van der Waals surface area contributed by atoms with Gasteiger partial charge in [0.25, 0.3) is 5.91 Å². The molecule has 5 heteroatoms. The number of hydrogen-bond donors (Lipinski definition) is 2. The summed E-state index contributed by atoms with van der Waals surface area (Å²) in [5.41, 5.74) is 7.32. The number of carbonyl (C=O) groups is 1. The van der Waals surface area contributed by atoms with Gasteiger partial charge in [0.1, 0.15) is 11.6 Å². The zero-order valence-electron chi connectivity index (χ0n) is 11.7. The number of benzene rings is 2.